The first-order valence-corrected chi connectivity index (χ1v) is 8.30. The van der Waals surface area contributed by atoms with E-state index in [1.54, 1.807) is 0 Å². The lowest BCUT2D eigenvalue weighted by molar-refractivity contribution is -0.141. The van der Waals surface area contributed by atoms with Crippen LogP contribution >= 0.6 is 11.6 Å². The number of hydrogen-bond acceptors (Lipinski definition) is 3. The van der Waals surface area contributed by atoms with E-state index in [2.05, 4.69) is 15.3 Å². The first kappa shape index (κ1) is 19.8. The molecule has 28 heavy (non-hydrogen) atoms. The highest BCUT2D eigenvalue weighted by atomic mass is 35.5. The molecule has 3 rings (SSSR count). The van der Waals surface area contributed by atoms with Crippen molar-refractivity contribution in [3.05, 3.63) is 76.5 Å². The molecule has 0 spiro atoms. The fourth-order valence-corrected chi connectivity index (χ4v) is 2.71. The van der Waals surface area contributed by atoms with Gasteiger partial charge in [0.2, 0.25) is 0 Å². The standard InChI is InChI=1S/C19H12ClF4N3O/c1-10-13(4-7-17(26-10)19(22,23)24)18(28)27-12-3-5-15(20)14(8-12)16-6-2-11(21)9-25-16/h2-9H,1H3,(H,27,28). The van der Waals surface area contributed by atoms with Gasteiger partial charge in [0, 0.05) is 11.3 Å². The van der Waals surface area contributed by atoms with Gasteiger partial charge in [-0.2, -0.15) is 13.2 Å². The second kappa shape index (κ2) is 7.55. The Kier molecular flexibility index (Phi) is 5.33. The molecular formula is C19H12ClF4N3O. The van der Waals surface area contributed by atoms with E-state index in [0.29, 0.717) is 22.0 Å². The molecule has 0 aliphatic heterocycles. The summed E-state index contributed by atoms with van der Waals surface area (Å²) in [5.41, 5.74) is 0.0790. The Morgan fingerprint density at radius 2 is 1.86 bits per heavy atom. The van der Waals surface area contributed by atoms with Gasteiger partial charge in [-0.1, -0.05) is 11.6 Å². The number of halogens is 5. The monoisotopic (exact) mass is 409 g/mol. The maximum Gasteiger partial charge on any atom is 0.433 e. The number of amides is 1. The van der Waals surface area contributed by atoms with Gasteiger partial charge in [-0.05, 0) is 49.4 Å². The van der Waals surface area contributed by atoms with E-state index in [1.807, 2.05) is 0 Å². The lowest BCUT2D eigenvalue weighted by Gasteiger charge is -2.12. The number of hydrogen-bond donors (Lipinski definition) is 1. The SMILES string of the molecule is Cc1nc(C(F)(F)F)ccc1C(=O)Nc1ccc(Cl)c(-c2ccc(F)cn2)c1. The zero-order valence-electron chi connectivity index (χ0n) is 14.3. The van der Waals surface area contributed by atoms with Gasteiger partial charge < -0.3 is 5.32 Å². The van der Waals surface area contributed by atoms with Gasteiger partial charge in [0.25, 0.3) is 5.91 Å². The summed E-state index contributed by atoms with van der Waals surface area (Å²) in [7, 11) is 0. The Labute approximate surface area is 162 Å². The molecule has 0 saturated heterocycles. The van der Waals surface area contributed by atoms with Crippen LogP contribution in [0.2, 0.25) is 5.02 Å². The molecule has 0 saturated carbocycles. The number of carbonyl (C=O) groups is 1. The summed E-state index contributed by atoms with van der Waals surface area (Å²) >= 11 is 6.15. The predicted octanol–water partition coefficient (Wildman–Crippen LogP) is 5.52. The third-order valence-corrected chi connectivity index (χ3v) is 4.18. The highest BCUT2D eigenvalue weighted by molar-refractivity contribution is 6.33. The van der Waals surface area contributed by atoms with E-state index in [1.165, 1.54) is 37.3 Å². The smallest absolute Gasteiger partial charge is 0.322 e. The summed E-state index contributed by atoms with van der Waals surface area (Å²) < 4.78 is 51.2. The van der Waals surface area contributed by atoms with Crippen molar-refractivity contribution in [2.75, 3.05) is 5.32 Å². The van der Waals surface area contributed by atoms with Gasteiger partial charge in [0.15, 0.2) is 0 Å². The highest BCUT2D eigenvalue weighted by Crippen LogP contribution is 2.30. The van der Waals surface area contributed by atoms with Crippen molar-refractivity contribution in [1.82, 2.24) is 9.97 Å². The number of pyridine rings is 2. The normalized spacial score (nSPS) is 11.4. The number of aryl methyl sites for hydroxylation is 1. The molecule has 1 N–H and O–H groups in total. The molecule has 0 fully saturated rings. The molecule has 4 nitrogen and oxygen atoms in total. The Hall–Kier alpha value is -3.00. The minimum Gasteiger partial charge on any atom is -0.322 e. The van der Waals surface area contributed by atoms with Gasteiger partial charge in [-0.15, -0.1) is 0 Å². The Morgan fingerprint density at radius 1 is 1.11 bits per heavy atom. The average Bonchev–Trinajstić information content (AvgIpc) is 2.63. The molecule has 2 aromatic heterocycles. The Morgan fingerprint density at radius 3 is 2.46 bits per heavy atom. The molecule has 1 amide bonds. The first-order valence-electron chi connectivity index (χ1n) is 7.93. The number of carbonyl (C=O) groups excluding carboxylic acids is 1. The van der Waals surface area contributed by atoms with Gasteiger partial charge in [-0.25, -0.2) is 9.37 Å². The second-order valence-electron chi connectivity index (χ2n) is 5.84. The van der Waals surface area contributed by atoms with E-state index in [-0.39, 0.29) is 11.3 Å². The lowest BCUT2D eigenvalue weighted by Crippen LogP contribution is -2.16. The molecule has 0 atom stereocenters. The van der Waals surface area contributed by atoms with Crippen LogP contribution in [0.15, 0.2) is 48.7 Å². The van der Waals surface area contributed by atoms with E-state index >= 15 is 0 Å². The van der Waals surface area contributed by atoms with Crippen LogP contribution in [0.4, 0.5) is 23.2 Å². The van der Waals surface area contributed by atoms with Crippen LogP contribution in [0.5, 0.6) is 0 Å². The summed E-state index contributed by atoms with van der Waals surface area (Å²) in [6.07, 6.45) is -3.55. The molecule has 1 aromatic carbocycles. The van der Waals surface area contributed by atoms with Crippen molar-refractivity contribution in [2.24, 2.45) is 0 Å². The fourth-order valence-electron chi connectivity index (χ4n) is 2.49. The number of nitrogens with zero attached hydrogens (tertiary/aromatic N) is 2. The van der Waals surface area contributed by atoms with Crippen molar-refractivity contribution >= 4 is 23.2 Å². The van der Waals surface area contributed by atoms with Crippen LogP contribution in [0.25, 0.3) is 11.3 Å². The molecule has 0 aliphatic rings. The van der Waals surface area contributed by atoms with E-state index in [4.69, 9.17) is 11.6 Å². The summed E-state index contributed by atoms with van der Waals surface area (Å²) in [6, 6.07) is 9.06. The molecule has 0 bridgehead atoms. The molecular weight excluding hydrogens is 398 g/mol. The maximum atomic E-state index is 13.1. The zero-order chi connectivity index (χ0) is 20.5. The summed E-state index contributed by atoms with van der Waals surface area (Å²) in [6.45, 7) is 1.32. The molecule has 0 unspecified atom stereocenters. The second-order valence-corrected chi connectivity index (χ2v) is 6.24. The van der Waals surface area contributed by atoms with Crippen molar-refractivity contribution in [3.63, 3.8) is 0 Å². The third-order valence-electron chi connectivity index (χ3n) is 3.85. The number of anilines is 1. The van der Waals surface area contributed by atoms with Crippen LogP contribution in [0.1, 0.15) is 21.7 Å². The number of benzene rings is 1. The van der Waals surface area contributed by atoms with E-state index in [0.717, 1.165) is 18.3 Å². The average molecular weight is 410 g/mol. The fraction of sp³-hybridized carbons (Fsp3) is 0.105. The van der Waals surface area contributed by atoms with Gasteiger partial charge in [0.1, 0.15) is 11.5 Å². The Balaban J connectivity index is 1.87. The largest absolute Gasteiger partial charge is 0.433 e. The topological polar surface area (TPSA) is 54.9 Å². The van der Waals surface area contributed by atoms with Crippen LogP contribution < -0.4 is 5.32 Å². The molecule has 0 aliphatic carbocycles. The van der Waals surface area contributed by atoms with Crippen LogP contribution in [-0.2, 0) is 6.18 Å². The summed E-state index contributed by atoms with van der Waals surface area (Å²) in [5, 5.41) is 2.92. The number of nitrogens with one attached hydrogen (secondary N) is 1. The van der Waals surface area contributed by atoms with Gasteiger partial charge >= 0.3 is 6.18 Å². The quantitative estimate of drug-likeness (QED) is 0.580. The minimum absolute atomic E-state index is 0.00408. The van der Waals surface area contributed by atoms with Crippen molar-refractivity contribution in [3.8, 4) is 11.3 Å². The number of rotatable bonds is 3. The van der Waals surface area contributed by atoms with Gasteiger partial charge in [-0.3, -0.25) is 9.78 Å². The highest BCUT2D eigenvalue weighted by Gasteiger charge is 2.33. The predicted molar refractivity (Wildman–Crippen MR) is 96.6 cm³/mol. The van der Waals surface area contributed by atoms with E-state index < -0.39 is 23.6 Å². The zero-order valence-corrected chi connectivity index (χ0v) is 15.1. The number of alkyl halides is 3. The molecule has 2 heterocycles. The van der Waals surface area contributed by atoms with Crippen molar-refractivity contribution < 1.29 is 22.4 Å². The minimum atomic E-state index is -4.59. The molecule has 9 heteroatoms. The lowest BCUT2D eigenvalue weighted by atomic mass is 10.1. The molecule has 144 valence electrons. The van der Waals surface area contributed by atoms with Crippen molar-refractivity contribution in [1.29, 1.82) is 0 Å². The molecule has 3 aromatic rings. The first-order chi connectivity index (χ1) is 13.1. The van der Waals surface area contributed by atoms with Gasteiger partial charge in [0.05, 0.1) is 28.2 Å². The maximum absolute atomic E-state index is 13.1. The van der Waals surface area contributed by atoms with Crippen LogP contribution in [0.3, 0.4) is 0 Å². The van der Waals surface area contributed by atoms with Crippen molar-refractivity contribution in [2.45, 2.75) is 13.1 Å². The summed E-state index contributed by atoms with van der Waals surface area (Å²) in [5.74, 6) is -1.13. The van der Waals surface area contributed by atoms with Crippen LogP contribution in [-0.4, -0.2) is 15.9 Å². The third kappa shape index (κ3) is 4.28. The van der Waals surface area contributed by atoms with Crippen LogP contribution in [0, 0.1) is 12.7 Å². The molecule has 0 radical (unpaired) electrons. The Bertz CT molecular complexity index is 1040. The number of aromatic nitrogens is 2. The summed E-state index contributed by atoms with van der Waals surface area (Å²) in [4.78, 5) is 19.8. The van der Waals surface area contributed by atoms with E-state index in [9.17, 15) is 22.4 Å².